The van der Waals surface area contributed by atoms with E-state index in [-0.39, 0.29) is 0 Å². The van der Waals surface area contributed by atoms with Gasteiger partial charge in [-0.05, 0) is 53.4 Å². The van der Waals surface area contributed by atoms with Crippen LogP contribution in [-0.2, 0) is 19.3 Å². The fourth-order valence-corrected chi connectivity index (χ4v) is 3.99. The van der Waals surface area contributed by atoms with Gasteiger partial charge in [0.15, 0.2) is 0 Å². The number of aromatic nitrogens is 2. The standard InChI is InChI=1S/C16H20BrN3S/c1-11-16(17)15(20(2)19-11)10-21-14-5-3-4-12(8-14)9-18-13-6-7-13/h3-5,8,13,18H,6-7,9-10H2,1-2H3. The topological polar surface area (TPSA) is 29.9 Å². The van der Waals surface area contributed by atoms with Crippen LogP contribution in [0, 0.1) is 6.92 Å². The zero-order valence-electron chi connectivity index (χ0n) is 12.4. The summed E-state index contributed by atoms with van der Waals surface area (Å²) in [5.41, 5.74) is 3.65. The van der Waals surface area contributed by atoms with Gasteiger partial charge in [0.1, 0.15) is 0 Å². The summed E-state index contributed by atoms with van der Waals surface area (Å²) in [7, 11) is 2.00. The minimum absolute atomic E-state index is 0.759. The zero-order chi connectivity index (χ0) is 14.8. The van der Waals surface area contributed by atoms with Crippen LogP contribution in [-0.4, -0.2) is 15.8 Å². The first-order chi connectivity index (χ1) is 10.1. The van der Waals surface area contributed by atoms with Crippen molar-refractivity contribution in [3.05, 3.63) is 45.7 Å². The minimum Gasteiger partial charge on any atom is -0.310 e. The summed E-state index contributed by atoms with van der Waals surface area (Å²) < 4.78 is 3.09. The second-order valence-electron chi connectivity index (χ2n) is 5.56. The van der Waals surface area contributed by atoms with E-state index in [9.17, 15) is 0 Å². The Bertz CT molecular complexity index is 634. The molecule has 1 heterocycles. The fraction of sp³-hybridized carbons (Fsp3) is 0.438. The van der Waals surface area contributed by atoms with Crippen molar-refractivity contribution in [1.29, 1.82) is 0 Å². The summed E-state index contributed by atoms with van der Waals surface area (Å²) in [6, 6.07) is 9.58. The van der Waals surface area contributed by atoms with E-state index in [0.717, 1.165) is 28.5 Å². The van der Waals surface area contributed by atoms with Gasteiger partial charge in [-0.3, -0.25) is 4.68 Å². The lowest BCUT2D eigenvalue weighted by molar-refractivity contribution is 0.687. The van der Waals surface area contributed by atoms with Gasteiger partial charge in [0.05, 0.1) is 15.9 Å². The van der Waals surface area contributed by atoms with Crippen molar-refractivity contribution >= 4 is 27.7 Å². The summed E-state index contributed by atoms with van der Waals surface area (Å²) in [5.74, 6) is 0.928. The molecule has 0 saturated heterocycles. The summed E-state index contributed by atoms with van der Waals surface area (Å²) in [6.07, 6.45) is 2.67. The van der Waals surface area contributed by atoms with Crippen LogP contribution in [0.5, 0.6) is 0 Å². The average Bonchev–Trinajstić information content (AvgIpc) is 3.26. The van der Waals surface area contributed by atoms with Gasteiger partial charge in [-0.15, -0.1) is 11.8 Å². The first-order valence-electron chi connectivity index (χ1n) is 7.26. The van der Waals surface area contributed by atoms with Crippen LogP contribution < -0.4 is 5.32 Å². The first-order valence-corrected chi connectivity index (χ1v) is 9.04. The normalized spacial score (nSPS) is 14.6. The van der Waals surface area contributed by atoms with Crippen molar-refractivity contribution < 1.29 is 0 Å². The van der Waals surface area contributed by atoms with Gasteiger partial charge in [-0.2, -0.15) is 5.10 Å². The highest BCUT2D eigenvalue weighted by atomic mass is 79.9. The molecule has 5 heteroatoms. The molecule has 3 rings (SSSR count). The van der Waals surface area contributed by atoms with Crippen molar-refractivity contribution in [3.8, 4) is 0 Å². The molecule has 0 radical (unpaired) electrons. The van der Waals surface area contributed by atoms with Crippen LogP contribution in [0.2, 0.25) is 0 Å². The van der Waals surface area contributed by atoms with Crippen molar-refractivity contribution in [2.75, 3.05) is 0 Å². The number of aryl methyl sites for hydroxylation is 2. The lowest BCUT2D eigenvalue weighted by atomic mass is 10.2. The lowest BCUT2D eigenvalue weighted by Gasteiger charge is -2.07. The molecule has 2 aromatic rings. The molecule has 1 fully saturated rings. The van der Waals surface area contributed by atoms with E-state index >= 15 is 0 Å². The molecule has 1 aromatic carbocycles. The summed E-state index contributed by atoms with van der Waals surface area (Å²) in [5, 5.41) is 8.01. The van der Waals surface area contributed by atoms with E-state index in [1.165, 1.54) is 29.0 Å². The second-order valence-corrected chi connectivity index (χ2v) is 7.40. The lowest BCUT2D eigenvalue weighted by Crippen LogP contribution is -2.15. The Kier molecular flexibility index (Phi) is 4.72. The van der Waals surface area contributed by atoms with Gasteiger partial charge >= 0.3 is 0 Å². The van der Waals surface area contributed by atoms with Gasteiger partial charge in [-0.1, -0.05) is 12.1 Å². The summed E-state index contributed by atoms with van der Waals surface area (Å²) >= 11 is 5.49. The number of thioether (sulfide) groups is 1. The van der Waals surface area contributed by atoms with Crippen LogP contribution in [0.25, 0.3) is 0 Å². The molecular formula is C16H20BrN3S. The Balaban J connectivity index is 1.62. The Labute approximate surface area is 138 Å². The number of nitrogens with zero attached hydrogens (tertiary/aromatic N) is 2. The predicted molar refractivity (Wildman–Crippen MR) is 91.5 cm³/mol. The highest BCUT2D eigenvalue weighted by molar-refractivity contribution is 9.10. The van der Waals surface area contributed by atoms with Crippen LogP contribution >= 0.6 is 27.7 Å². The Morgan fingerprint density at radius 2 is 2.24 bits per heavy atom. The number of hydrogen-bond donors (Lipinski definition) is 1. The third kappa shape index (κ3) is 3.90. The van der Waals surface area contributed by atoms with Crippen molar-refractivity contribution in [2.24, 2.45) is 7.05 Å². The maximum atomic E-state index is 4.44. The SMILES string of the molecule is Cc1nn(C)c(CSc2cccc(CNC3CC3)c2)c1Br. The Morgan fingerprint density at radius 1 is 1.43 bits per heavy atom. The zero-order valence-corrected chi connectivity index (χ0v) is 14.8. The molecule has 1 saturated carbocycles. The number of halogens is 1. The van der Waals surface area contributed by atoms with E-state index < -0.39 is 0 Å². The molecule has 0 spiro atoms. The third-order valence-corrected chi connectivity index (χ3v) is 5.74. The number of hydrogen-bond acceptors (Lipinski definition) is 3. The molecule has 0 unspecified atom stereocenters. The average molecular weight is 366 g/mol. The van der Waals surface area contributed by atoms with E-state index in [4.69, 9.17) is 0 Å². The molecule has 21 heavy (non-hydrogen) atoms. The van der Waals surface area contributed by atoms with Crippen molar-refractivity contribution in [1.82, 2.24) is 15.1 Å². The van der Waals surface area contributed by atoms with Crippen LogP contribution in [0.1, 0.15) is 29.8 Å². The van der Waals surface area contributed by atoms with Crippen LogP contribution in [0.4, 0.5) is 0 Å². The minimum atomic E-state index is 0.759. The first kappa shape index (κ1) is 15.1. The van der Waals surface area contributed by atoms with Crippen molar-refractivity contribution in [3.63, 3.8) is 0 Å². The van der Waals surface area contributed by atoms with Crippen molar-refractivity contribution in [2.45, 2.75) is 43.0 Å². The quantitative estimate of drug-likeness (QED) is 0.783. The molecule has 1 aliphatic rings. The third-order valence-electron chi connectivity index (χ3n) is 3.71. The van der Waals surface area contributed by atoms with E-state index in [0.29, 0.717) is 0 Å². The van der Waals surface area contributed by atoms with Gasteiger partial charge in [0.2, 0.25) is 0 Å². The molecule has 1 aliphatic carbocycles. The van der Waals surface area contributed by atoms with E-state index in [2.05, 4.69) is 50.6 Å². The highest BCUT2D eigenvalue weighted by Crippen LogP contribution is 2.29. The maximum absolute atomic E-state index is 4.44. The fourth-order valence-electron chi connectivity index (χ4n) is 2.28. The number of rotatable bonds is 6. The summed E-state index contributed by atoms with van der Waals surface area (Å²) in [4.78, 5) is 1.32. The largest absolute Gasteiger partial charge is 0.310 e. The Hall–Kier alpha value is -0.780. The van der Waals surface area contributed by atoms with Gasteiger partial charge in [0, 0.05) is 30.3 Å². The molecule has 112 valence electrons. The van der Waals surface area contributed by atoms with Crippen LogP contribution in [0.3, 0.4) is 0 Å². The molecule has 1 aromatic heterocycles. The molecule has 3 nitrogen and oxygen atoms in total. The molecule has 1 N–H and O–H groups in total. The van der Waals surface area contributed by atoms with Crippen LogP contribution in [0.15, 0.2) is 33.6 Å². The van der Waals surface area contributed by atoms with Gasteiger partial charge in [0.25, 0.3) is 0 Å². The smallest absolute Gasteiger partial charge is 0.0738 e. The molecule has 0 aliphatic heterocycles. The Morgan fingerprint density at radius 3 is 2.90 bits per heavy atom. The molecule has 0 atom stereocenters. The molecule has 0 amide bonds. The molecule has 0 bridgehead atoms. The number of benzene rings is 1. The highest BCUT2D eigenvalue weighted by Gasteiger charge is 2.19. The predicted octanol–water partition coefficient (Wildman–Crippen LogP) is 4.04. The number of nitrogens with one attached hydrogen (secondary N) is 1. The van der Waals surface area contributed by atoms with E-state index in [1.807, 2.05) is 30.4 Å². The monoisotopic (exact) mass is 365 g/mol. The van der Waals surface area contributed by atoms with Gasteiger partial charge < -0.3 is 5.32 Å². The maximum Gasteiger partial charge on any atom is 0.0738 e. The van der Waals surface area contributed by atoms with E-state index in [1.54, 1.807) is 0 Å². The van der Waals surface area contributed by atoms with Gasteiger partial charge in [-0.25, -0.2) is 0 Å². The second kappa shape index (κ2) is 6.55. The molecular weight excluding hydrogens is 346 g/mol. The summed E-state index contributed by atoms with van der Waals surface area (Å²) in [6.45, 7) is 3.01.